The minimum absolute atomic E-state index is 0.000831. The Morgan fingerprint density at radius 2 is 1.33 bits per heavy atom. The number of hydrogen-bond acceptors (Lipinski definition) is 2. The molecule has 0 radical (unpaired) electrons. The van der Waals surface area contributed by atoms with E-state index >= 15 is 0 Å². The normalized spacial score (nSPS) is 12.6. The molecule has 0 aliphatic heterocycles. The van der Waals surface area contributed by atoms with Crippen LogP contribution in [-0.4, -0.2) is 11.3 Å². The van der Waals surface area contributed by atoms with E-state index in [1.807, 2.05) is 6.07 Å². The van der Waals surface area contributed by atoms with Gasteiger partial charge < -0.3 is 5.11 Å². The van der Waals surface area contributed by atoms with Crippen LogP contribution in [-0.2, 0) is 10.8 Å². The van der Waals surface area contributed by atoms with Crippen molar-refractivity contribution < 1.29 is 18.3 Å². The molecule has 2 nitrogen and oxygen atoms in total. The molecule has 0 aromatic heterocycles. The maximum Gasteiger partial charge on any atom is 0.154 e. The van der Waals surface area contributed by atoms with E-state index in [9.17, 15) is 18.3 Å². The van der Waals surface area contributed by atoms with Crippen molar-refractivity contribution in [1.29, 1.82) is 0 Å². The van der Waals surface area contributed by atoms with E-state index in [2.05, 4.69) is 76.9 Å². The van der Waals surface area contributed by atoms with E-state index in [0.717, 1.165) is 27.5 Å². The van der Waals surface area contributed by atoms with Crippen molar-refractivity contribution in [2.24, 2.45) is 4.99 Å². The molecule has 4 aromatic rings. The van der Waals surface area contributed by atoms with Gasteiger partial charge in [0.05, 0.1) is 0 Å². The molecule has 0 unspecified atom stereocenters. The highest BCUT2D eigenvalue weighted by Gasteiger charge is 2.20. The van der Waals surface area contributed by atoms with Gasteiger partial charge in [-0.3, -0.25) is 0 Å². The number of fused-ring (bicyclic) bond motifs is 1. The third-order valence-corrected chi connectivity index (χ3v) is 6.34. The molecule has 186 valence electrons. The van der Waals surface area contributed by atoms with Gasteiger partial charge in [-0.05, 0) is 62.1 Å². The highest BCUT2D eigenvalue weighted by atomic mass is 19.1. The summed E-state index contributed by atoms with van der Waals surface area (Å²) in [6, 6.07) is 17.0. The zero-order valence-corrected chi connectivity index (χ0v) is 21.4. The van der Waals surface area contributed by atoms with Gasteiger partial charge in [-0.15, -0.1) is 0 Å². The van der Waals surface area contributed by atoms with Crippen LogP contribution in [0.15, 0.2) is 65.7 Å². The average Bonchev–Trinajstić information content (AvgIpc) is 2.77. The summed E-state index contributed by atoms with van der Waals surface area (Å²) < 4.78 is 41.3. The molecule has 4 aromatic carbocycles. The van der Waals surface area contributed by atoms with Gasteiger partial charge in [0.25, 0.3) is 0 Å². The molecule has 0 fully saturated rings. The van der Waals surface area contributed by atoms with Gasteiger partial charge in [0.2, 0.25) is 0 Å². The van der Waals surface area contributed by atoms with Crippen LogP contribution in [0.2, 0.25) is 0 Å². The molecule has 0 heterocycles. The van der Waals surface area contributed by atoms with E-state index in [4.69, 9.17) is 0 Å². The summed E-state index contributed by atoms with van der Waals surface area (Å²) in [5.74, 6) is -3.33. The standard InChI is InChI=1S/C31H30F3NO/c1-30(2,3)21-8-9-24-19(12-21)13-22(31(4,5)6)14-25(24)18-7-10-28(36)20(11-18)17-35-29-26(33)15-23(32)16-27(29)34/h7-17,36H,1-6H3. The summed E-state index contributed by atoms with van der Waals surface area (Å²) >= 11 is 0. The Balaban J connectivity index is 1.88. The summed E-state index contributed by atoms with van der Waals surface area (Å²) in [4.78, 5) is 3.87. The Kier molecular flexibility index (Phi) is 6.46. The molecule has 5 heteroatoms. The number of hydrogen-bond donors (Lipinski definition) is 1. The molecule has 4 rings (SSSR count). The molecule has 0 saturated heterocycles. The fourth-order valence-corrected chi connectivity index (χ4v) is 4.13. The Morgan fingerprint density at radius 1 is 0.722 bits per heavy atom. The molecule has 0 saturated carbocycles. The molecule has 0 atom stereocenters. The molecular formula is C31H30F3NO. The van der Waals surface area contributed by atoms with E-state index in [-0.39, 0.29) is 22.1 Å². The van der Waals surface area contributed by atoms with Crippen molar-refractivity contribution in [3.63, 3.8) is 0 Å². The molecule has 0 aliphatic carbocycles. The summed E-state index contributed by atoms with van der Waals surface area (Å²) in [5.41, 5.74) is 3.77. The van der Waals surface area contributed by atoms with E-state index in [1.165, 1.54) is 17.8 Å². The molecule has 0 aliphatic rings. The Labute approximate surface area is 210 Å². The number of aliphatic imine (C=N–C) groups is 1. The third-order valence-electron chi connectivity index (χ3n) is 6.34. The first kappa shape index (κ1) is 25.5. The second-order valence-corrected chi connectivity index (χ2v) is 11.2. The first-order chi connectivity index (χ1) is 16.7. The number of benzene rings is 4. The summed E-state index contributed by atoms with van der Waals surface area (Å²) in [5, 5.41) is 12.6. The second-order valence-electron chi connectivity index (χ2n) is 11.2. The number of nitrogens with zero attached hydrogens (tertiary/aromatic N) is 1. The lowest BCUT2D eigenvalue weighted by atomic mass is 9.81. The number of rotatable bonds is 3. The fourth-order valence-electron chi connectivity index (χ4n) is 4.13. The average molecular weight is 490 g/mol. The number of aromatic hydroxyl groups is 1. The highest BCUT2D eigenvalue weighted by molar-refractivity contribution is 5.99. The van der Waals surface area contributed by atoms with Crippen LogP contribution in [0.25, 0.3) is 21.9 Å². The van der Waals surface area contributed by atoms with Crippen molar-refractivity contribution in [3.8, 4) is 16.9 Å². The van der Waals surface area contributed by atoms with Gasteiger partial charge >= 0.3 is 0 Å². The Hall–Kier alpha value is -3.60. The third kappa shape index (κ3) is 5.15. The molecule has 0 bridgehead atoms. The van der Waals surface area contributed by atoms with Gasteiger partial charge in [-0.2, -0.15) is 0 Å². The number of phenolic OH excluding ortho intramolecular Hbond substituents is 1. The van der Waals surface area contributed by atoms with Crippen LogP contribution in [0.1, 0.15) is 58.2 Å². The van der Waals surface area contributed by atoms with Crippen LogP contribution >= 0.6 is 0 Å². The van der Waals surface area contributed by atoms with Crippen molar-refractivity contribution in [2.75, 3.05) is 0 Å². The van der Waals surface area contributed by atoms with E-state index < -0.39 is 23.1 Å². The second kappa shape index (κ2) is 9.12. The van der Waals surface area contributed by atoms with E-state index in [0.29, 0.717) is 12.1 Å². The molecule has 0 amide bonds. The van der Waals surface area contributed by atoms with Crippen molar-refractivity contribution in [2.45, 2.75) is 52.4 Å². The molecule has 1 N–H and O–H groups in total. The minimum Gasteiger partial charge on any atom is -0.507 e. The molecule has 0 spiro atoms. The predicted octanol–water partition coefficient (Wildman–Crippen LogP) is 8.98. The SMILES string of the molecule is CC(C)(C)c1ccc2c(-c3ccc(O)c(C=Nc4c(F)cc(F)cc4F)c3)cc(C(C)(C)C)cc2c1. The quantitative estimate of drug-likeness (QED) is 0.286. The zero-order chi connectivity index (χ0) is 26.4. The topological polar surface area (TPSA) is 32.6 Å². The minimum atomic E-state index is -1.11. The zero-order valence-electron chi connectivity index (χ0n) is 21.4. The molecular weight excluding hydrogens is 459 g/mol. The van der Waals surface area contributed by atoms with Crippen molar-refractivity contribution >= 4 is 22.7 Å². The van der Waals surface area contributed by atoms with E-state index in [1.54, 1.807) is 6.07 Å². The van der Waals surface area contributed by atoms with Crippen LogP contribution < -0.4 is 0 Å². The van der Waals surface area contributed by atoms with Gasteiger partial charge in [0.1, 0.15) is 17.3 Å². The maximum absolute atomic E-state index is 14.0. The first-order valence-corrected chi connectivity index (χ1v) is 11.8. The predicted molar refractivity (Wildman–Crippen MR) is 142 cm³/mol. The van der Waals surface area contributed by atoms with Gasteiger partial charge in [-0.25, -0.2) is 18.2 Å². The highest BCUT2D eigenvalue weighted by Crippen LogP contribution is 2.38. The number of phenols is 1. The largest absolute Gasteiger partial charge is 0.507 e. The fraction of sp³-hybridized carbons (Fsp3) is 0.258. The molecule has 36 heavy (non-hydrogen) atoms. The van der Waals surface area contributed by atoms with Crippen LogP contribution in [0.4, 0.5) is 18.9 Å². The lowest BCUT2D eigenvalue weighted by Crippen LogP contribution is -2.12. The van der Waals surface area contributed by atoms with Crippen molar-refractivity contribution in [1.82, 2.24) is 0 Å². The van der Waals surface area contributed by atoms with Crippen LogP contribution in [0, 0.1) is 17.5 Å². The van der Waals surface area contributed by atoms with Gasteiger partial charge in [0.15, 0.2) is 11.6 Å². The monoisotopic (exact) mass is 489 g/mol. The summed E-state index contributed by atoms with van der Waals surface area (Å²) in [6.07, 6.45) is 1.19. The summed E-state index contributed by atoms with van der Waals surface area (Å²) in [7, 11) is 0. The van der Waals surface area contributed by atoms with Crippen LogP contribution in [0.5, 0.6) is 5.75 Å². The smallest absolute Gasteiger partial charge is 0.154 e. The Morgan fingerprint density at radius 3 is 1.94 bits per heavy atom. The Bertz CT molecular complexity index is 1460. The number of halogens is 3. The van der Waals surface area contributed by atoms with Crippen molar-refractivity contribution in [3.05, 3.63) is 94.8 Å². The lowest BCUT2D eigenvalue weighted by Gasteiger charge is -2.24. The van der Waals surface area contributed by atoms with Crippen LogP contribution in [0.3, 0.4) is 0 Å². The maximum atomic E-state index is 14.0. The first-order valence-electron chi connectivity index (χ1n) is 11.8. The van der Waals surface area contributed by atoms with Gasteiger partial charge in [-0.1, -0.05) is 71.9 Å². The van der Waals surface area contributed by atoms with Gasteiger partial charge in [0, 0.05) is 23.9 Å². The lowest BCUT2D eigenvalue weighted by molar-refractivity contribution is 0.474. The summed E-state index contributed by atoms with van der Waals surface area (Å²) in [6.45, 7) is 13.0.